The van der Waals surface area contributed by atoms with E-state index in [2.05, 4.69) is 5.32 Å². The van der Waals surface area contributed by atoms with Gasteiger partial charge in [0.05, 0.1) is 24.2 Å². The molecule has 23 heavy (non-hydrogen) atoms. The van der Waals surface area contributed by atoms with Gasteiger partial charge in [0.15, 0.2) is 9.84 Å². The van der Waals surface area contributed by atoms with Crippen LogP contribution in [0.5, 0.6) is 5.75 Å². The van der Waals surface area contributed by atoms with Gasteiger partial charge in [-0.2, -0.15) is 0 Å². The Kier molecular flexibility index (Phi) is 4.75. The molecule has 2 aliphatic heterocycles. The molecule has 0 saturated carbocycles. The van der Waals surface area contributed by atoms with Crippen molar-refractivity contribution in [2.75, 3.05) is 31.2 Å². The highest BCUT2D eigenvalue weighted by atomic mass is 32.2. The molecule has 1 unspecified atom stereocenters. The molecule has 3 rings (SSSR count). The summed E-state index contributed by atoms with van der Waals surface area (Å²) in [7, 11) is -3.01. The second-order valence-corrected chi connectivity index (χ2v) is 8.33. The van der Waals surface area contributed by atoms with Gasteiger partial charge >= 0.3 is 6.03 Å². The molecule has 0 radical (unpaired) electrons. The van der Waals surface area contributed by atoms with Gasteiger partial charge in [0.1, 0.15) is 5.75 Å². The molecule has 1 fully saturated rings. The average molecular weight is 338 g/mol. The van der Waals surface area contributed by atoms with E-state index in [1.165, 1.54) is 0 Å². The van der Waals surface area contributed by atoms with Crippen LogP contribution < -0.4 is 10.1 Å². The van der Waals surface area contributed by atoms with Crippen LogP contribution in [0.3, 0.4) is 0 Å². The zero-order valence-corrected chi connectivity index (χ0v) is 13.8. The molecule has 7 heteroatoms. The number of nitrogens with one attached hydrogen (secondary N) is 1. The molecule has 0 spiro atoms. The van der Waals surface area contributed by atoms with E-state index >= 15 is 0 Å². The summed E-state index contributed by atoms with van der Waals surface area (Å²) in [6.45, 7) is 1.39. The van der Waals surface area contributed by atoms with Gasteiger partial charge < -0.3 is 15.0 Å². The molecule has 2 aliphatic rings. The molecule has 126 valence electrons. The van der Waals surface area contributed by atoms with Gasteiger partial charge in [0.2, 0.25) is 0 Å². The average Bonchev–Trinajstić information content (AvgIpc) is 2.83. The fraction of sp³-hybridized carbons (Fsp3) is 0.562. The molecular formula is C16H22N2O4S. The molecule has 1 N–H and O–H groups in total. The lowest BCUT2D eigenvalue weighted by Crippen LogP contribution is -2.43. The minimum atomic E-state index is -3.01. The highest BCUT2D eigenvalue weighted by Gasteiger charge is 2.26. The summed E-state index contributed by atoms with van der Waals surface area (Å²) in [6, 6.07) is 7.45. The monoisotopic (exact) mass is 338 g/mol. The molecule has 1 atom stereocenters. The third-order valence-electron chi connectivity index (χ3n) is 4.33. The molecule has 2 amide bonds. The Hall–Kier alpha value is -1.76. The third kappa shape index (κ3) is 3.96. The predicted octanol–water partition coefficient (Wildman–Crippen LogP) is 1.73. The van der Waals surface area contributed by atoms with Crippen LogP contribution in [0.25, 0.3) is 0 Å². The topological polar surface area (TPSA) is 75.7 Å². The number of rotatable bonds is 1. The van der Waals surface area contributed by atoms with E-state index in [1.54, 1.807) is 4.90 Å². The number of fused-ring (bicyclic) bond motifs is 1. The number of hydrogen-bond donors (Lipinski definition) is 1. The summed E-state index contributed by atoms with van der Waals surface area (Å²) in [5.74, 6) is 1.02. The van der Waals surface area contributed by atoms with Crippen molar-refractivity contribution in [3.63, 3.8) is 0 Å². The van der Waals surface area contributed by atoms with Crippen LogP contribution in [0.1, 0.15) is 30.9 Å². The van der Waals surface area contributed by atoms with Gasteiger partial charge in [-0.15, -0.1) is 0 Å². The van der Waals surface area contributed by atoms with Gasteiger partial charge in [-0.1, -0.05) is 18.2 Å². The molecule has 1 aromatic rings. The Balaban J connectivity index is 1.70. The zero-order chi connectivity index (χ0) is 16.3. The molecule has 0 bridgehead atoms. The predicted molar refractivity (Wildman–Crippen MR) is 87.3 cm³/mol. The summed E-state index contributed by atoms with van der Waals surface area (Å²) in [4.78, 5) is 14.1. The van der Waals surface area contributed by atoms with Gasteiger partial charge in [-0.25, -0.2) is 13.2 Å². The summed E-state index contributed by atoms with van der Waals surface area (Å²) >= 11 is 0. The molecular weight excluding hydrogens is 316 g/mol. The minimum absolute atomic E-state index is 0.0464. The molecule has 1 saturated heterocycles. The maximum Gasteiger partial charge on any atom is 0.317 e. The lowest BCUT2D eigenvalue weighted by Gasteiger charge is -2.25. The second-order valence-electron chi connectivity index (χ2n) is 6.02. The highest BCUT2D eigenvalue weighted by Crippen LogP contribution is 2.31. The molecule has 2 heterocycles. The number of hydrogen-bond acceptors (Lipinski definition) is 4. The third-order valence-corrected chi connectivity index (χ3v) is 6.04. The van der Waals surface area contributed by atoms with Crippen LogP contribution in [-0.2, 0) is 9.84 Å². The van der Waals surface area contributed by atoms with Crippen LogP contribution in [0.4, 0.5) is 4.79 Å². The highest BCUT2D eigenvalue weighted by molar-refractivity contribution is 7.91. The first-order chi connectivity index (χ1) is 11.1. The van der Waals surface area contributed by atoms with Crippen molar-refractivity contribution in [1.82, 2.24) is 10.2 Å². The molecule has 0 aromatic heterocycles. The van der Waals surface area contributed by atoms with E-state index in [0.29, 0.717) is 19.6 Å². The number of carbonyl (C=O) groups is 1. The summed E-state index contributed by atoms with van der Waals surface area (Å²) in [5.41, 5.74) is 0.987. The van der Waals surface area contributed by atoms with E-state index in [-0.39, 0.29) is 30.1 Å². The number of urea groups is 1. The number of para-hydroxylation sites is 1. The standard InChI is InChI=1S/C16H22N2O4S/c19-16(18-8-4-11-23(20,21)12-9-18)17-14-6-3-10-22-15-7-2-1-5-13(14)15/h1-2,5,7,14H,3-4,6,8-12H2,(H,17,19). The first-order valence-electron chi connectivity index (χ1n) is 8.03. The number of nitrogens with zero attached hydrogens (tertiary/aromatic N) is 1. The van der Waals surface area contributed by atoms with Crippen LogP contribution in [0.2, 0.25) is 0 Å². The molecule has 1 aromatic carbocycles. The Labute approximate surface area is 136 Å². The van der Waals surface area contributed by atoms with Gasteiger partial charge in [-0.3, -0.25) is 0 Å². The van der Waals surface area contributed by atoms with E-state index < -0.39 is 9.84 Å². The van der Waals surface area contributed by atoms with E-state index in [4.69, 9.17) is 4.74 Å². The van der Waals surface area contributed by atoms with Crippen molar-refractivity contribution >= 4 is 15.9 Å². The van der Waals surface area contributed by atoms with Gasteiger partial charge in [0, 0.05) is 18.7 Å². The lowest BCUT2D eigenvalue weighted by atomic mass is 10.0. The number of benzene rings is 1. The molecule has 0 aliphatic carbocycles. The van der Waals surface area contributed by atoms with Crippen molar-refractivity contribution < 1.29 is 17.9 Å². The summed E-state index contributed by atoms with van der Waals surface area (Å²) < 4.78 is 29.0. The van der Waals surface area contributed by atoms with E-state index in [1.807, 2.05) is 24.3 Å². The maximum absolute atomic E-state index is 12.5. The minimum Gasteiger partial charge on any atom is -0.493 e. The summed E-state index contributed by atoms with van der Waals surface area (Å²) in [5, 5.41) is 3.05. The van der Waals surface area contributed by atoms with Crippen LogP contribution >= 0.6 is 0 Å². The van der Waals surface area contributed by atoms with E-state index in [0.717, 1.165) is 24.2 Å². The smallest absolute Gasteiger partial charge is 0.317 e. The van der Waals surface area contributed by atoms with Gasteiger partial charge in [0.25, 0.3) is 0 Å². The van der Waals surface area contributed by atoms with Crippen molar-refractivity contribution in [1.29, 1.82) is 0 Å². The largest absolute Gasteiger partial charge is 0.493 e. The fourth-order valence-corrected chi connectivity index (χ4v) is 4.33. The SMILES string of the molecule is O=C(NC1CCCOc2ccccc21)N1CCCS(=O)(=O)CC1. The quantitative estimate of drug-likeness (QED) is 0.846. The number of carbonyl (C=O) groups excluding carboxylic acids is 1. The van der Waals surface area contributed by atoms with Crippen LogP contribution in [-0.4, -0.2) is 50.6 Å². The number of sulfone groups is 1. The van der Waals surface area contributed by atoms with Crippen molar-refractivity contribution in [3.8, 4) is 5.75 Å². The Morgan fingerprint density at radius 2 is 2.00 bits per heavy atom. The molecule has 6 nitrogen and oxygen atoms in total. The van der Waals surface area contributed by atoms with Crippen LogP contribution in [0, 0.1) is 0 Å². The lowest BCUT2D eigenvalue weighted by molar-refractivity contribution is 0.197. The first kappa shape index (κ1) is 16.1. The number of amides is 2. The van der Waals surface area contributed by atoms with Crippen molar-refractivity contribution in [2.45, 2.75) is 25.3 Å². The van der Waals surface area contributed by atoms with Crippen molar-refractivity contribution in [2.24, 2.45) is 0 Å². The second kappa shape index (κ2) is 6.78. The normalized spacial score (nSPS) is 23.8. The number of ether oxygens (including phenoxy) is 1. The Bertz CT molecular complexity index is 674. The van der Waals surface area contributed by atoms with Gasteiger partial charge in [-0.05, 0) is 25.3 Å². The van der Waals surface area contributed by atoms with Crippen LogP contribution in [0.15, 0.2) is 24.3 Å². The Morgan fingerprint density at radius 3 is 2.87 bits per heavy atom. The fourth-order valence-electron chi connectivity index (χ4n) is 3.06. The summed E-state index contributed by atoms with van der Waals surface area (Å²) in [6.07, 6.45) is 2.18. The maximum atomic E-state index is 12.5. The van der Waals surface area contributed by atoms with Crippen molar-refractivity contribution in [3.05, 3.63) is 29.8 Å². The Morgan fingerprint density at radius 1 is 1.17 bits per heavy atom. The first-order valence-corrected chi connectivity index (χ1v) is 9.85. The van der Waals surface area contributed by atoms with E-state index in [9.17, 15) is 13.2 Å². The zero-order valence-electron chi connectivity index (χ0n) is 13.0.